The van der Waals surface area contributed by atoms with E-state index >= 15 is 0 Å². The Balaban J connectivity index is 0. The second kappa shape index (κ2) is 6.12. The third kappa shape index (κ3) is 16.3. The second-order valence-corrected chi connectivity index (χ2v) is 2.97. The van der Waals surface area contributed by atoms with Gasteiger partial charge in [0.2, 0.25) is 0 Å². The maximum atomic E-state index is 10.4. The highest BCUT2D eigenvalue weighted by molar-refractivity contribution is 7.85. The molecule has 0 unspecified atom stereocenters. The van der Waals surface area contributed by atoms with Gasteiger partial charge < -0.3 is 0 Å². The van der Waals surface area contributed by atoms with E-state index in [4.69, 9.17) is 0 Å². The zero-order valence-electron chi connectivity index (χ0n) is 5.68. The number of halogens is 5. The summed E-state index contributed by atoms with van der Waals surface area (Å²) in [6, 6.07) is 0. The average Bonchev–Trinajstić information content (AvgIpc) is 1.87. The number of rotatable bonds is 2. The fourth-order valence-corrected chi connectivity index (χ4v) is 0. The quantitative estimate of drug-likeness (QED) is 0.654. The Hall–Kier alpha value is -0.440. The third-order valence-electron chi connectivity index (χ3n) is 0.305. The van der Waals surface area contributed by atoms with Crippen LogP contribution in [0.1, 0.15) is 0 Å². The van der Waals surface area contributed by atoms with Crippen LogP contribution in [-0.2, 0) is 14.5 Å². The Morgan fingerprint density at radius 2 is 1.25 bits per heavy atom. The topological polar surface area (TPSA) is 43.4 Å². The molecule has 0 bridgehead atoms. The van der Waals surface area contributed by atoms with Crippen molar-refractivity contribution < 1.29 is 34.9 Å². The summed E-state index contributed by atoms with van der Waals surface area (Å²) in [5.41, 5.74) is 0. The Labute approximate surface area is 65.2 Å². The van der Waals surface area contributed by atoms with Crippen LogP contribution in [0.5, 0.6) is 0 Å². The minimum absolute atomic E-state index is 0.618. The van der Waals surface area contributed by atoms with Crippen LogP contribution in [0.15, 0.2) is 0 Å². The Kier molecular flexibility index (Phi) is 7.19. The van der Waals surface area contributed by atoms with Crippen molar-refractivity contribution in [1.29, 1.82) is 0 Å². The third-order valence-corrected chi connectivity index (χ3v) is 0.534. The predicted octanol–water partition coefficient (Wildman–Crippen LogP) is 1.36. The molecule has 0 aliphatic carbocycles. The highest BCUT2D eigenvalue weighted by Crippen LogP contribution is 2.04. The molecule has 0 N–H and O–H groups in total. The zero-order chi connectivity index (χ0) is 10.4. The Bertz CT molecular complexity index is 182. The van der Waals surface area contributed by atoms with E-state index in [0.717, 1.165) is 0 Å². The largest absolute Gasteiger partial charge is 0.298 e. The van der Waals surface area contributed by atoms with Crippen molar-refractivity contribution >= 4 is 10.1 Å². The first-order valence-electron chi connectivity index (χ1n) is 2.27. The lowest BCUT2D eigenvalue weighted by Gasteiger charge is -1.89. The molecule has 0 aliphatic heterocycles. The van der Waals surface area contributed by atoms with Crippen LogP contribution in [0.2, 0.25) is 0 Å². The molecule has 0 heterocycles. The lowest BCUT2D eigenvalue weighted by molar-refractivity contribution is -0.0278. The van der Waals surface area contributed by atoms with Crippen LogP contribution in [-0.4, -0.2) is 27.5 Å². The van der Waals surface area contributed by atoms with E-state index in [-0.39, 0.29) is 0 Å². The molecule has 0 aromatic carbocycles. The van der Waals surface area contributed by atoms with Crippen LogP contribution >= 0.6 is 0 Å². The normalized spacial score (nSPS) is 11.3. The van der Waals surface area contributed by atoms with Gasteiger partial charge in [0.1, 0.15) is 0 Å². The molecule has 3 nitrogen and oxygen atoms in total. The van der Waals surface area contributed by atoms with Crippen molar-refractivity contribution in [2.45, 2.75) is 12.9 Å². The SMILES string of the molecule is CS(=O)(=O)OF.FC(F)C(F)F. The van der Waals surface area contributed by atoms with Crippen molar-refractivity contribution in [3.63, 3.8) is 0 Å². The first-order chi connectivity index (χ1) is 5.20. The molecule has 0 radical (unpaired) electrons. The molecule has 0 aromatic heterocycles. The van der Waals surface area contributed by atoms with Gasteiger partial charge in [0.25, 0.3) is 23.0 Å². The molecule has 0 rings (SSSR count). The molecule has 0 saturated heterocycles. The molecule has 0 saturated carbocycles. The van der Waals surface area contributed by atoms with Crippen molar-refractivity contribution in [3.8, 4) is 0 Å². The Morgan fingerprint density at radius 1 is 1.08 bits per heavy atom. The smallest absolute Gasteiger partial charge is 0.204 e. The summed E-state index contributed by atoms with van der Waals surface area (Å²) in [7, 11) is -3.83. The van der Waals surface area contributed by atoms with Gasteiger partial charge in [0.05, 0.1) is 6.26 Å². The summed E-state index contributed by atoms with van der Waals surface area (Å²) in [6.07, 6.45) is -6.34. The lowest BCUT2D eigenvalue weighted by Crippen LogP contribution is -2.02. The van der Waals surface area contributed by atoms with E-state index in [2.05, 4.69) is 4.39 Å². The van der Waals surface area contributed by atoms with E-state index in [9.17, 15) is 30.5 Å². The summed E-state index contributed by atoms with van der Waals surface area (Å²) in [5.74, 6) is 0. The standard InChI is InChI=1S/C2H2F4.CH3FO3S/c3-1(4)2(5)6;1-6(3,4)5-2/h1-2H;1H3. The van der Waals surface area contributed by atoms with E-state index in [1.165, 1.54) is 0 Å². The van der Waals surface area contributed by atoms with Gasteiger partial charge >= 0.3 is 0 Å². The molecule has 0 fully saturated rings. The highest BCUT2D eigenvalue weighted by atomic mass is 32.2. The fraction of sp³-hybridized carbons (Fsp3) is 1.00. The van der Waals surface area contributed by atoms with Gasteiger partial charge in [-0.05, 0) is 4.53 Å². The van der Waals surface area contributed by atoms with Crippen LogP contribution in [0.25, 0.3) is 0 Å². The molecular formula is C3H5F5O3S. The van der Waals surface area contributed by atoms with Gasteiger partial charge in [0.15, 0.2) is 0 Å². The second-order valence-electron chi connectivity index (χ2n) is 1.44. The monoisotopic (exact) mass is 216 g/mol. The summed E-state index contributed by atoms with van der Waals surface area (Å²) in [5, 5.41) is 0. The summed E-state index contributed by atoms with van der Waals surface area (Å²) in [4.78, 5) is 0. The van der Waals surface area contributed by atoms with E-state index in [1.54, 1.807) is 0 Å². The fourth-order valence-electron chi connectivity index (χ4n) is 0. The summed E-state index contributed by atoms with van der Waals surface area (Å²) in [6.45, 7) is 0. The Morgan fingerprint density at radius 3 is 1.25 bits per heavy atom. The molecule has 0 aliphatic rings. The maximum Gasteiger partial charge on any atom is 0.298 e. The van der Waals surface area contributed by atoms with E-state index in [1.807, 2.05) is 0 Å². The van der Waals surface area contributed by atoms with Crippen LogP contribution < -0.4 is 0 Å². The minimum atomic E-state index is -3.83. The molecule has 0 spiro atoms. The molecule has 12 heavy (non-hydrogen) atoms. The molecule has 0 aromatic rings. The van der Waals surface area contributed by atoms with Crippen molar-refractivity contribution in [2.75, 3.05) is 6.26 Å². The van der Waals surface area contributed by atoms with Crippen molar-refractivity contribution in [3.05, 3.63) is 0 Å². The van der Waals surface area contributed by atoms with Gasteiger partial charge in [-0.1, -0.05) is 4.39 Å². The van der Waals surface area contributed by atoms with Crippen molar-refractivity contribution in [1.82, 2.24) is 0 Å². The summed E-state index contributed by atoms with van der Waals surface area (Å²) >= 11 is 0. The van der Waals surface area contributed by atoms with Gasteiger partial charge in [-0.25, -0.2) is 17.6 Å². The number of hydrogen-bond acceptors (Lipinski definition) is 3. The lowest BCUT2D eigenvalue weighted by atomic mass is 10.8. The van der Waals surface area contributed by atoms with E-state index in [0.29, 0.717) is 6.26 Å². The van der Waals surface area contributed by atoms with Gasteiger partial charge in [-0.3, -0.25) is 0 Å². The molecule has 0 atom stereocenters. The van der Waals surface area contributed by atoms with Gasteiger partial charge in [-0.2, -0.15) is 8.42 Å². The first-order valence-corrected chi connectivity index (χ1v) is 4.09. The molecule has 76 valence electrons. The van der Waals surface area contributed by atoms with E-state index < -0.39 is 23.0 Å². The van der Waals surface area contributed by atoms with Crippen LogP contribution in [0.4, 0.5) is 22.1 Å². The zero-order valence-corrected chi connectivity index (χ0v) is 6.49. The van der Waals surface area contributed by atoms with Gasteiger partial charge in [0, 0.05) is 0 Å². The molecule has 0 amide bonds. The number of alkyl halides is 4. The van der Waals surface area contributed by atoms with Crippen molar-refractivity contribution in [2.24, 2.45) is 0 Å². The molecular weight excluding hydrogens is 211 g/mol. The highest BCUT2D eigenvalue weighted by Gasteiger charge is 2.15. The summed E-state index contributed by atoms with van der Waals surface area (Å²) < 4.78 is 73.3. The van der Waals surface area contributed by atoms with Crippen LogP contribution in [0.3, 0.4) is 0 Å². The predicted molar refractivity (Wildman–Crippen MR) is 29.0 cm³/mol. The maximum absolute atomic E-state index is 10.4. The minimum Gasteiger partial charge on any atom is -0.204 e. The number of hydrogen-bond donors (Lipinski definition) is 0. The first kappa shape index (κ1) is 14.1. The molecule has 9 heteroatoms. The van der Waals surface area contributed by atoms with Gasteiger partial charge in [-0.15, -0.1) is 0 Å². The average molecular weight is 216 g/mol. The van der Waals surface area contributed by atoms with Crippen LogP contribution in [0, 0.1) is 0 Å².